The average Bonchev–Trinajstić information content (AvgIpc) is 2.37. The van der Waals surface area contributed by atoms with Gasteiger partial charge in [-0.2, -0.15) is 0 Å². The number of hydrogen-bond acceptors (Lipinski definition) is 2. The predicted octanol–water partition coefficient (Wildman–Crippen LogP) is 4.70. The van der Waals surface area contributed by atoms with Crippen molar-refractivity contribution in [3.63, 3.8) is 0 Å². The minimum atomic E-state index is 0.735. The summed E-state index contributed by atoms with van der Waals surface area (Å²) in [5.41, 5.74) is 1.42. The molecule has 0 bridgehead atoms. The molecule has 0 aromatic heterocycles. The second kappa shape index (κ2) is 6.87. The third kappa shape index (κ3) is 4.11. The van der Waals surface area contributed by atoms with Crippen molar-refractivity contribution in [3.8, 4) is 0 Å². The van der Waals surface area contributed by atoms with Crippen LogP contribution in [0.3, 0.4) is 0 Å². The van der Waals surface area contributed by atoms with Gasteiger partial charge in [-0.3, -0.25) is 0 Å². The molecular weight excluding hydrogens is 232 g/mol. The molecule has 1 aromatic rings. The molecule has 0 heterocycles. The van der Waals surface area contributed by atoms with Crippen molar-refractivity contribution in [3.05, 3.63) is 60.2 Å². The quantitative estimate of drug-likeness (QED) is 0.547. The van der Waals surface area contributed by atoms with Gasteiger partial charge in [0.25, 0.3) is 0 Å². The Labute approximate surface area is 106 Å². The van der Waals surface area contributed by atoms with E-state index >= 15 is 0 Å². The van der Waals surface area contributed by atoms with Crippen LogP contribution in [0.5, 0.6) is 0 Å². The van der Waals surface area contributed by atoms with Crippen LogP contribution in [0.4, 0.5) is 0 Å². The van der Waals surface area contributed by atoms with Gasteiger partial charge in [-0.1, -0.05) is 76.2 Å². The first kappa shape index (κ1) is 11.9. The lowest BCUT2D eigenvalue weighted by Crippen LogP contribution is -1.99. The van der Waals surface area contributed by atoms with Crippen LogP contribution in [0.2, 0.25) is 0 Å². The van der Waals surface area contributed by atoms with Gasteiger partial charge >= 0.3 is 0 Å². The second-order valence-corrected chi connectivity index (χ2v) is 6.35. The standard InChI is InChI=1S/C14H16S2/c1-3-7-13(8-4-1)11-15-16-12-14-9-5-2-6-10-14/h1-9,14H,10-12H2. The summed E-state index contributed by atoms with van der Waals surface area (Å²) in [4.78, 5) is 0. The van der Waals surface area contributed by atoms with E-state index in [9.17, 15) is 0 Å². The third-order valence-corrected chi connectivity index (χ3v) is 4.95. The van der Waals surface area contributed by atoms with Gasteiger partial charge in [0.1, 0.15) is 0 Å². The molecule has 1 unspecified atom stereocenters. The van der Waals surface area contributed by atoms with Crippen LogP contribution in [-0.2, 0) is 5.75 Å². The van der Waals surface area contributed by atoms with E-state index in [0.717, 1.165) is 11.7 Å². The Morgan fingerprint density at radius 2 is 1.94 bits per heavy atom. The number of benzene rings is 1. The molecule has 0 spiro atoms. The molecule has 0 fully saturated rings. The normalized spacial score (nSPS) is 18.9. The SMILES string of the molecule is C1=CCC(CSSCc2ccccc2)C=C1. The fraction of sp³-hybridized carbons (Fsp3) is 0.286. The van der Waals surface area contributed by atoms with Crippen molar-refractivity contribution in [2.75, 3.05) is 5.75 Å². The first-order chi connectivity index (χ1) is 7.95. The van der Waals surface area contributed by atoms with Crippen molar-refractivity contribution in [1.29, 1.82) is 0 Å². The fourth-order valence-electron chi connectivity index (χ4n) is 1.57. The Hall–Kier alpha value is -0.600. The Kier molecular flexibility index (Phi) is 5.10. The zero-order chi connectivity index (χ0) is 11.1. The molecule has 84 valence electrons. The summed E-state index contributed by atoms with van der Waals surface area (Å²) in [6.45, 7) is 0. The maximum absolute atomic E-state index is 2.32. The molecular formula is C14H16S2. The molecule has 1 aliphatic carbocycles. The molecule has 2 rings (SSSR count). The molecule has 1 atom stereocenters. The van der Waals surface area contributed by atoms with E-state index in [1.165, 1.54) is 17.7 Å². The summed E-state index contributed by atoms with van der Waals surface area (Å²) < 4.78 is 0. The molecule has 0 amide bonds. The Morgan fingerprint density at radius 1 is 1.06 bits per heavy atom. The lowest BCUT2D eigenvalue weighted by atomic mass is 10.0. The molecule has 0 aliphatic heterocycles. The van der Waals surface area contributed by atoms with Crippen LogP contribution in [0.15, 0.2) is 54.6 Å². The predicted molar refractivity (Wildman–Crippen MR) is 76.6 cm³/mol. The van der Waals surface area contributed by atoms with Gasteiger partial charge in [0.2, 0.25) is 0 Å². The zero-order valence-electron chi connectivity index (χ0n) is 9.21. The van der Waals surface area contributed by atoms with Gasteiger partial charge < -0.3 is 0 Å². The largest absolute Gasteiger partial charge is 0.0932 e. The molecule has 1 aromatic carbocycles. The Balaban J connectivity index is 1.62. The minimum Gasteiger partial charge on any atom is -0.0932 e. The maximum Gasteiger partial charge on any atom is 0.0288 e. The highest BCUT2D eigenvalue weighted by molar-refractivity contribution is 8.76. The molecule has 0 radical (unpaired) electrons. The summed E-state index contributed by atoms with van der Waals surface area (Å²) >= 11 is 0. The van der Waals surface area contributed by atoms with Crippen molar-refractivity contribution in [2.45, 2.75) is 12.2 Å². The van der Waals surface area contributed by atoms with Crippen molar-refractivity contribution in [2.24, 2.45) is 5.92 Å². The third-order valence-electron chi connectivity index (χ3n) is 2.50. The highest BCUT2D eigenvalue weighted by Crippen LogP contribution is 2.29. The monoisotopic (exact) mass is 248 g/mol. The zero-order valence-corrected chi connectivity index (χ0v) is 10.8. The van der Waals surface area contributed by atoms with Crippen LogP contribution < -0.4 is 0 Å². The highest BCUT2D eigenvalue weighted by atomic mass is 33.1. The van der Waals surface area contributed by atoms with E-state index in [4.69, 9.17) is 0 Å². The highest BCUT2D eigenvalue weighted by Gasteiger charge is 2.05. The topological polar surface area (TPSA) is 0 Å². The van der Waals surface area contributed by atoms with E-state index in [2.05, 4.69) is 54.6 Å². The summed E-state index contributed by atoms with van der Waals surface area (Å²) in [7, 11) is 3.94. The van der Waals surface area contributed by atoms with Crippen LogP contribution in [-0.4, -0.2) is 5.75 Å². The summed E-state index contributed by atoms with van der Waals surface area (Å²) in [6.07, 6.45) is 10.1. The van der Waals surface area contributed by atoms with Crippen LogP contribution in [0.25, 0.3) is 0 Å². The number of hydrogen-bond donors (Lipinski definition) is 0. The van der Waals surface area contributed by atoms with Gasteiger partial charge in [0, 0.05) is 11.5 Å². The van der Waals surface area contributed by atoms with Gasteiger partial charge in [-0.25, -0.2) is 0 Å². The second-order valence-electron chi connectivity index (χ2n) is 3.84. The van der Waals surface area contributed by atoms with E-state index < -0.39 is 0 Å². The smallest absolute Gasteiger partial charge is 0.0288 e. The molecule has 0 saturated carbocycles. The van der Waals surface area contributed by atoms with E-state index in [0.29, 0.717) is 0 Å². The molecule has 0 saturated heterocycles. The molecule has 0 nitrogen and oxygen atoms in total. The summed E-state index contributed by atoms with van der Waals surface area (Å²) in [5.74, 6) is 3.06. The van der Waals surface area contributed by atoms with Crippen molar-refractivity contribution >= 4 is 21.6 Å². The Morgan fingerprint density at radius 3 is 2.69 bits per heavy atom. The van der Waals surface area contributed by atoms with E-state index in [1.807, 2.05) is 21.6 Å². The maximum atomic E-state index is 2.32. The molecule has 16 heavy (non-hydrogen) atoms. The molecule has 2 heteroatoms. The number of rotatable bonds is 5. The minimum absolute atomic E-state index is 0.735. The lowest BCUT2D eigenvalue weighted by Gasteiger charge is -2.11. The lowest BCUT2D eigenvalue weighted by molar-refractivity contribution is 0.751. The molecule has 1 aliphatic rings. The van der Waals surface area contributed by atoms with E-state index in [1.54, 1.807) is 0 Å². The van der Waals surface area contributed by atoms with Crippen molar-refractivity contribution in [1.82, 2.24) is 0 Å². The van der Waals surface area contributed by atoms with Gasteiger partial charge in [-0.05, 0) is 17.9 Å². The van der Waals surface area contributed by atoms with E-state index in [-0.39, 0.29) is 0 Å². The molecule has 0 N–H and O–H groups in total. The first-order valence-corrected chi connectivity index (χ1v) is 8.05. The van der Waals surface area contributed by atoms with Crippen LogP contribution in [0, 0.1) is 5.92 Å². The van der Waals surface area contributed by atoms with Crippen LogP contribution in [0.1, 0.15) is 12.0 Å². The first-order valence-electron chi connectivity index (χ1n) is 5.57. The average molecular weight is 248 g/mol. The van der Waals surface area contributed by atoms with Crippen molar-refractivity contribution < 1.29 is 0 Å². The fourth-order valence-corrected chi connectivity index (χ4v) is 3.98. The van der Waals surface area contributed by atoms with Gasteiger partial charge in [0.15, 0.2) is 0 Å². The van der Waals surface area contributed by atoms with Gasteiger partial charge in [-0.15, -0.1) is 0 Å². The Bertz CT molecular complexity index is 354. The summed E-state index contributed by atoms with van der Waals surface area (Å²) in [6, 6.07) is 10.7. The number of allylic oxidation sites excluding steroid dienone is 4. The summed E-state index contributed by atoms with van der Waals surface area (Å²) in [5, 5.41) is 0. The van der Waals surface area contributed by atoms with Crippen LogP contribution >= 0.6 is 21.6 Å². The van der Waals surface area contributed by atoms with Gasteiger partial charge in [0.05, 0.1) is 0 Å².